The minimum absolute atomic E-state index is 0.00698. The summed E-state index contributed by atoms with van der Waals surface area (Å²) in [5, 5.41) is 0. The van der Waals surface area contributed by atoms with E-state index >= 15 is 0 Å². The number of carbonyl (C=O) groups excluding carboxylic acids is 1. The average molecular weight is 332 g/mol. The van der Waals surface area contributed by atoms with Crippen LogP contribution in [0.3, 0.4) is 0 Å². The maximum Gasteiger partial charge on any atom is 0.308 e. The maximum atomic E-state index is 13.5. The highest BCUT2D eigenvalue weighted by Gasteiger charge is 2.16. The van der Waals surface area contributed by atoms with E-state index in [9.17, 15) is 13.6 Å². The maximum absolute atomic E-state index is 13.5. The van der Waals surface area contributed by atoms with Gasteiger partial charge in [-0.1, -0.05) is 13.8 Å². The van der Waals surface area contributed by atoms with Crippen molar-refractivity contribution in [3.05, 3.63) is 29.8 Å². The van der Waals surface area contributed by atoms with Crippen LogP contribution in [0.15, 0.2) is 18.2 Å². The number of rotatable bonds is 9. The predicted octanol–water partition coefficient (Wildman–Crippen LogP) is 3.87. The molecule has 0 radical (unpaired) electrons. The Kier molecular flexibility index (Phi) is 8.24. The monoisotopic (exact) mass is 332 g/mol. The summed E-state index contributed by atoms with van der Waals surface area (Å²) in [4.78, 5) is 11.5. The van der Waals surface area contributed by atoms with E-state index in [2.05, 4.69) is 12.6 Å². The third-order valence-electron chi connectivity index (χ3n) is 3.07. The second kappa shape index (κ2) is 9.66. The smallest absolute Gasteiger partial charge is 0.308 e. The number of halogens is 2. The van der Waals surface area contributed by atoms with E-state index in [-0.39, 0.29) is 36.8 Å². The first-order chi connectivity index (χ1) is 10.4. The Bertz CT molecular complexity index is 480. The molecule has 0 saturated carbocycles. The van der Waals surface area contributed by atoms with E-state index in [1.165, 1.54) is 6.07 Å². The standard InChI is InChI=1S/C16H22F2O3S/c1-11(2)16(19)21-10-12(4-3-7-22)9-20-15-6-5-13(17)8-14(15)18/h5-6,8,11-12,22H,3-4,7,9-10H2,1-2H3/t12-/m0/s1. The van der Waals surface area contributed by atoms with Gasteiger partial charge in [0.05, 0.1) is 19.1 Å². The van der Waals surface area contributed by atoms with Crippen LogP contribution in [0.1, 0.15) is 26.7 Å². The molecule has 1 atom stereocenters. The first kappa shape index (κ1) is 18.7. The van der Waals surface area contributed by atoms with Gasteiger partial charge in [-0.15, -0.1) is 0 Å². The largest absolute Gasteiger partial charge is 0.490 e. The number of esters is 1. The van der Waals surface area contributed by atoms with Crippen molar-refractivity contribution in [2.75, 3.05) is 19.0 Å². The van der Waals surface area contributed by atoms with E-state index in [1.807, 2.05) is 0 Å². The SMILES string of the molecule is CC(C)C(=O)OC[C@@H](CCCS)COc1ccc(F)cc1F. The van der Waals surface area contributed by atoms with Crippen molar-refractivity contribution in [3.63, 3.8) is 0 Å². The molecular weight excluding hydrogens is 310 g/mol. The summed E-state index contributed by atoms with van der Waals surface area (Å²) in [6.07, 6.45) is 1.58. The van der Waals surface area contributed by atoms with Gasteiger partial charge in [0.15, 0.2) is 11.6 Å². The Morgan fingerprint density at radius 3 is 2.59 bits per heavy atom. The van der Waals surface area contributed by atoms with Gasteiger partial charge in [-0.3, -0.25) is 4.79 Å². The fourth-order valence-electron chi connectivity index (χ4n) is 1.76. The van der Waals surface area contributed by atoms with Gasteiger partial charge in [0, 0.05) is 12.0 Å². The quantitative estimate of drug-likeness (QED) is 0.551. The van der Waals surface area contributed by atoms with E-state index in [0.717, 1.165) is 25.0 Å². The molecule has 0 bridgehead atoms. The Hall–Kier alpha value is -1.30. The average Bonchev–Trinajstić information content (AvgIpc) is 2.47. The van der Waals surface area contributed by atoms with Crippen LogP contribution in [0.5, 0.6) is 5.75 Å². The Labute approximate surface area is 135 Å². The zero-order valence-electron chi connectivity index (χ0n) is 12.9. The molecule has 0 saturated heterocycles. The van der Waals surface area contributed by atoms with Gasteiger partial charge in [0.25, 0.3) is 0 Å². The number of carbonyl (C=O) groups is 1. The Morgan fingerprint density at radius 2 is 2.00 bits per heavy atom. The molecule has 1 aromatic rings. The molecule has 0 aliphatic heterocycles. The lowest BCUT2D eigenvalue weighted by molar-refractivity contribution is -0.149. The van der Waals surface area contributed by atoms with Crippen molar-refractivity contribution < 1.29 is 23.0 Å². The van der Waals surface area contributed by atoms with Crippen molar-refractivity contribution in [3.8, 4) is 5.75 Å². The lowest BCUT2D eigenvalue weighted by Crippen LogP contribution is -2.22. The molecule has 0 aromatic heterocycles. The van der Waals surface area contributed by atoms with Crippen molar-refractivity contribution in [1.82, 2.24) is 0 Å². The number of hydrogen-bond donors (Lipinski definition) is 1. The summed E-state index contributed by atoms with van der Waals surface area (Å²) >= 11 is 4.15. The van der Waals surface area contributed by atoms with Crippen LogP contribution in [0.25, 0.3) is 0 Å². The zero-order valence-corrected chi connectivity index (χ0v) is 13.7. The predicted molar refractivity (Wildman–Crippen MR) is 84.2 cm³/mol. The molecule has 1 aromatic carbocycles. The van der Waals surface area contributed by atoms with Crippen LogP contribution in [0, 0.1) is 23.5 Å². The molecular formula is C16H22F2O3S. The summed E-state index contributed by atoms with van der Waals surface area (Å²) in [6.45, 7) is 3.93. The summed E-state index contributed by atoms with van der Waals surface area (Å²) in [6, 6.07) is 3.16. The summed E-state index contributed by atoms with van der Waals surface area (Å²) < 4.78 is 36.9. The summed E-state index contributed by atoms with van der Waals surface area (Å²) in [5.41, 5.74) is 0. The van der Waals surface area contributed by atoms with Crippen LogP contribution < -0.4 is 4.74 Å². The molecule has 6 heteroatoms. The molecule has 124 valence electrons. The molecule has 0 N–H and O–H groups in total. The van der Waals surface area contributed by atoms with Gasteiger partial charge in [-0.25, -0.2) is 8.78 Å². The molecule has 1 rings (SSSR count). The van der Waals surface area contributed by atoms with Crippen LogP contribution in [-0.2, 0) is 9.53 Å². The zero-order chi connectivity index (χ0) is 16.5. The van der Waals surface area contributed by atoms with E-state index < -0.39 is 11.6 Å². The molecule has 3 nitrogen and oxygen atoms in total. The van der Waals surface area contributed by atoms with Gasteiger partial charge in [0.2, 0.25) is 0 Å². The minimum atomic E-state index is -0.743. The van der Waals surface area contributed by atoms with Crippen molar-refractivity contribution in [2.24, 2.45) is 11.8 Å². The third-order valence-corrected chi connectivity index (χ3v) is 3.39. The molecule has 0 unspecified atom stereocenters. The lowest BCUT2D eigenvalue weighted by atomic mass is 10.1. The van der Waals surface area contributed by atoms with Crippen LogP contribution in [0.2, 0.25) is 0 Å². The molecule has 22 heavy (non-hydrogen) atoms. The van der Waals surface area contributed by atoms with Crippen molar-refractivity contribution in [2.45, 2.75) is 26.7 Å². The number of hydrogen-bond acceptors (Lipinski definition) is 4. The normalized spacial score (nSPS) is 12.3. The fraction of sp³-hybridized carbons (Fsp3) is 0.562. The van der Waals surface area contributed by atoms with Crippen molar-refractivity contribution in [1.29, 1.82) is 0 Å². The molecule has 0 fully saturated rings. The number of benzene rings is 1. The second-order valence-corrected chi connectivity index (χ2v) is 5.85. The molecule has 0 spiro atoms. The topological polar surface area (TPSA) is 35.5 Å². The molecule has 0 aliphatic rings. The molecule has 0 heterocycles. The van der Waals surface area contributed by atoms with Gasteiger partial charge in [0.1, 0.15) is 5.82 Å². The summed E-state index contributed by atoms with van der Waals surface area (Å²) in [7, 11) is 0. The molecule has 0 amide bonds. The van der Waals surface area contributed by atoms with Crippen molar-refractivity contribution >= 4 is 18.6 Å². The molecule has 0 aliphatic carbocycles. The lowest BCUT2D eigenvalue weighted by Gasteiger charge is -2.18. The summed E-state index contributed by atoms with van der Waals surface area (Å²) in [5.74, 6) is -1.22. The first-order valence-corrected chi connectivity index (χ1v) is 7.92. The van der Waals surface area contributed by atoms with Crippen LogP contribution in [0.4, 0.5) is 8.78 Å². The Balaban J connectivity index is 2.54. The highest BCUT2D eigenvalue weighted by Crippen LogP contribution is 2.19. The van der Waals surface area contributed by atoms with Gasteiger partial charge in [-0.2, -0.15) is 12.6 Å². The van der Waals surface area contributed by atoms with Gasteiger partial charge in [-0.05, 0) is 30.7 Å². The van der Waals surface area contributed by atoms with E-state index in [4.69, 9.17) is 9.47 Å². The fourth-order valence-corrected chi connectivity index (χ4v) is 1.94. The van der Waals surface area contributed by atoms with E-state index in [0.29, 0.717) is 5.75 Å². The first-order valence-electron chi connectivity index (χ1n) is 7.29. The van der Waals surface area contributed by atoms with Crippen LogP contribution >= 0.6 is 12.6 Å². The highest BCUT2D eigenvalue weighted by atomic mass is 32.1. The Morgan fingerprint density at radius 1 is 1.27 bits per heavy atom. The minimum Gasteiger partial charge on any atom is -0.490 e. The van der Waals surface area contributed by atoms with Gasteiger partial charge >= 0.3 is 5.97 Å². The number of thiol groups is 1. The number of ether oxygens (including phenoxy) is 2. The third kappa shape index (κ3) is 6.64. The van der Waals surface area contributed by atoms with Crippen LogP contribution in [-0.4, -0.2) is 24.9 Å². The van der Waals surface area contributed by atoms with E-state index in [1.54, 1.807) is 13.8 Å². The highest BCUT2D eigenvalue weighted by molar-refractivity contribution is 7.80. The van der Waals surface area contributed by atoms with Gasteiger partial charge < -0.3 is 9.47 Å². The second-order valence-electron chi connectivity index (χ2n) is 5.40.